The van der Waals surface area contributed by atoms with Crippen LogP contribution < -0.4 is 15.2 Å². The summed E-state index contributed by atoms with van der Waals surface area (Å²) in [6, 6.07) is 11.3. The van der Waals surface area contributed by atoms with Gasteiger partial charge in [-0.3, -0.25) is 4.79 Å². The average molecular weight is 384 g/mol. The van der Waals surface area contributed by atoms with Crippen molar-refractivity contribution in [2.75, 3.05) is 0 Å². The molecule has 0 saturated carbocycles. The Bertz CT molecular complexity index is 853. The maximum atomic E-state index is 12.1. The number of primary sulfonamides is 1. The predicted octanol–water partition coefficient (Wildman–Crippen LogP) is 2.36. The van der Waals surface area contributed by atoms with Gasteiger partial charge in [-0.1, -0.05) is 24.3 Å². The van der Waals surface area contributed by atoms with E-state index in [9.17, 15) is 22.0 Å². The van der Waals surface area contributed by atoms with Gasteiger partial charge in [0.1, 0.15) is 5.75 Å². The van der Waals surface area contributed by atoms with Crippen LogP contribution in [0, 0.1) is 0 Å². The second-order valence-electron chi connectivity index (χ2n) is 5.60. The van der Waals surface area contributed by atoms with Crippen molar-refractivity contribution in [2.24, 2.45) is 5.14 Å². The zero-order valence-electron chi connectivity index (χ0n) is 13.9. The minimum atomic E-state index is -3.76. The van der Waals surface area contributed by atoms with E-state index in [1.165, 1.54) is 36.4 Å². The molecule has 6 nitrogen and oxygen atoms in total. The molecule has 1 amide bonds. The molecule has 26 heavy (non-hydrogen) atoms. The second-order valence-corrected chi connectivity index (χ2v) is 7.16. The number of nitrogens with one attached hydrogen (secondary N) is 1. The Balaban J connectivity index is 1.94. The number of hydrogen-bond donors (Lipinski definition) is 2. The third kappa shape index (κ3) is 5.78. The molecular formula is C17H18F2N2O4S. The van der Waals surface area contributed by atoms with Gasteiger partial charge in [0.15, 0.2) is 0 Å². The van der Waals surface area contributed by atoms with Crippen molar-refractivity contribution in [3.8, 4) is 5.75 Å². The minimum absolute atomic E-state index is 0.00844. The largest absolute Gasteiger partial charge is 0.435 e. The summed E-state index contributed by atoms with van der Waals surface area (Å²) in [5.41, 5.74) is 1.35. The van der Waals surface area contributed by atoms with Crippen molar-refractivity contribution >= 4 is 15.9 Å². The molecule has 1 unspecified atom stereocenters. The Morgan fingerprint density at radius 1 is 1.12 bits per heavy atom. The van der Waals surface area contributed by atoms with Gasteiger partial charge in [-0.25, -0.2) is 13.6 Å². The number of amides is 1. The van der Waals surface area contributed by atoms with Crippen LogP contribution in [-0.4, -0.2) is 20.9 Å². The summed E-state index contributed by atoms with van der Waals surface area (Å²) in [6.07, 6.45) is 0.0640. The van der Waals surface area contributed by atoms with Crippen molar-refractivity contribution in [2.45, 2.75) is 30.9 Å². The topological polar surface area (TPSA) is 98.5 Å². The monoisotopic (exact) mass is 384 g/mol. The molecule has 0 fully saturated rings. The van der Waals surface area contributed by atoms with E-state index < -0.39 is 16.6 Å². The summed E-state index contributed by atoms with van der Waals surface area (Å²) in [6.45, 7) is -1.14. The lowest BCUT2D eigenvalue weighted by molar-refractivity contribution is -0.121. The van der Waals surface area contributed by atoms with Gasteiger partial charge in [-0.15, -0.1) is 0 Å². The molecule has 2 aromatic rings. The quantitative estimate of drug-likeness (QED) is 0.766. The number of alkyl halides is 2. The van der Waals surface area contributed by atoms with Gasteiger partial charge in [-0.2, -0.15) is 8.78 Å². The lowest BCUT2D eigenvalue weighted by atomic mass is 10.1. The standard InChI is InChI=1S/C17H18F2N2O4S/c1-11(13-4-8-15(9-5-13)26(20,23)24)21-16(22)10-12-2-6-14(7-3-12)25-17(18)19/h2-9,11,17H,10H2,1H3,(H,21,22)(H2,20,23,24). The van der Waals surface area contributed by atoms with Crippen LogP contribution in [0.25, 0.3) is 0 Å². The summed E-state index contributed by atoms with van der Waals surface area (Å²) in [4.78, 5) is 12.1. The SMILES string of the molecule is CC(NC(=O)Cc1ccc(OC(F)F)cc1)c1ccc(S(N)(=O)=O)cc1. The maximum absolute atomic E-state index is 12.1. The van der Waals surface area contributed by atoms with Crippen molar-refractivity contribution in [3.63, 3.8) is 0 Å². The van der Waals surface area contributed by atoms with Crippen LogP contribution in [0.3, 0.4) is 0 Å². The van der Waals surface area contributed by atoms with E-state index in [4.69, 9.17) is 5.14 Å². The molecule has 3 N–H and O–H groups in total. The summed E-state index contributed by atoms with van der Waals surface area (Å²) in [7, 11) is -3.76. The number of rotatable bonds is 7. The second kappa shape index (κ2) is 8.24. The number of halogens is 2. The van der Waals surface area contributed by atoms with Crippen LogP contribution in [-0.2, 0) is 21.2 Å². The van der Waals surface area contributed by atoms with Gasteiger partial charge in [0.05, 0.1) is 17.4 Å². The Morgan fingerprint density at radius 3 is 2.19 bits per heavy atom. The molecule has 0 bridgehead atoms. The zero-order chi connectivity index (χ0) is 19.3. The van der Waals surface area contributed by atoms with Crippen molar-refractivity contribution in [3.05, 3.63) is 59.7 Å². The van der Waals surface area contributed by atoms with E-state index >= 15 is 0 Å². The fraction of sp³-hybridized carbons (Fsp3) is 0.235. The van der Waals surface area contributed by atoms with E-state index in [-0.39, 0.29) is 29.0 Å². The van der Waals surface area contributed by atoms with Gasteiger partial charge in [0.2, 0.25) is 15.9 Å². The molecule has 9 heteroatoms. The Morgan fingerprint density at radius 2 is 1.69 bits per heavy atom. The summed E-state index contributed by atoms with van der Waals surface area (Å²) in [5, 5.41) is 7.82. The van der Waals surface area contributed by atoms with E-state index in [2.05, 4.69) is 10.1 Å². The highest BCUT2D eigenvalue weighted by Crippen LogP contribution is 2.17. The first-order valence-corrected chi connectivity index (χ1v) is 9.15. The molecule has 140 valence electrons. The lowest BCUT2D eigenvalue weighted by Gasteiger charge is -2.15. The highest BCUT2D eigenvalue weighted by atomic mass is 32.2. The molecule has 0 heterocycles. The first-order chi connectivity index (χ1) is 12.1. The van der Waals surface area contributed by atoms with Gasteiger partial charge >= 0.3 is 6.61 Å². The summed E-state index contributed by atoms with van der Waals surface area (Å²) >= 11 is 0. The number of benzene rings is 2. The third-order valence-corrected chi connectivity index (χ3v) is 4.53. The molecule has 0 aliphatic heterocycles. The zero-order valence-corrected chi connectivity index (χ0v) is 14.7. The Kier molecular flexibility index (Phi) is 6.27. The summed E-state index contributed by atoms with van der Waals surface area (Å²) < 4.78 is 50.9. The lowest BCUT2D eigenvalue weighted by Crippen LogP contribution is -2.28. The molecule has 2 rings (SSSR count). The molecule has 0 saturated heterocycles. The Labute approximate surface area is 150 Å². The van der Waals surface area contributed by atoms with E-state index in [1.54, 1.807) is 19.1 Å². The molecule has 2 aromatic carbocycles. The van der Waals surface area contributed by atoms with Crippen LogP contribution in [0.15, 0.2) is 53.4 Å². The fourth-order valence-corrected chi connectivity index (χ4v) is 2.81. The molecule has 0 spiro atoms. The highest BCUT2D eigenvalue weighted by Gasteiger charge is 2.13. The molecule has 0 radical (unpaired) electrons. The van der Waals surface area contributed by atoms with Crippen LogP contribution in [0.2, 0.25) is 0 Å². The average Bonchev–Trinajstić information content (AvgIpc) is 2.55. The van der Waals surface area contributed by atoms with E-state index in [1.807, 2.05) is 0 Å². The molecular weight excluding hydrogens is 366 g/mol. The Hall–Kier alpha value is -2.52. The van der Waals surface area contributed by atoms with Crippen LogP contribution in [0.4, 0.5) is 8.78 Å². The predicted molar refractivity (Wildman–Crippen MR) is 91.2 cm³/mol. The fourth-order valence-electron chi connectivity index (χ4n) is 2.30. The normalized spacial score (nSPS) is 12.7. The number of nitrogens with two attached hydrogens (primary N) is 1. The van der Waals surface area contributed by atoms with Gasteiger partial charge in [0.25, 0.3) is 0 Å². The van der Waals surface area contributed by atoms with E-state index in [0.717, 1.165) is 0 Å². The number of ether oxygens (including phenoxy) is 1. The number of sulfonamides is 1. The molecule has 0 aliphatic carbocycles. The van der Waals surface area contributed by atoms with Crippen molar-refractivity contribution < 1.29 is 26.7 Å². The van der Waals surface area contributed by atoms with Crippen LogP contribution in [0.5, 0.6) is 5.75 Å². The summed E-state index contributed by atoms with van der Waals surface area (Å²) in [5.74, 6) is -0.247. The first kappa shape index (κ1) is 19.8. The first-order valence-electron chi connectivity index (χ1n) is 7.61. The third-order valence-electron chi connectivity index (χ3n) is 3.60. The van der Waals surface area contributed by atoms with Crippen LogP contribution in [0.1, 0.15) is 24.1 Å². The van der Waals surface area contributed by atoms with Crippen molar-refractivity contribution in [1.82, 2.24) is 5.32 Å². The van der Waals surface area contributed by atoms with Crippen molar-refractivity contribution in [1.29, 1.82) is 0 Å². The molecule has 1 atom stereocenters. The maximum Gasteiger partial charge on any atom is 0.387 e. The number of hydrogen-bond acceptors (Lipinski definition) is 4. The highest BCUT2D eigenvalue weighted by molar-refractivity contribution is 7.89. The van der Waals surface area contributed by atoms with Gasteiger partial charge < -0.3 is 10.1 Å². The number of carbonyl (C=O) groups excluding carboxylic acids is 1. The van der Waals surface area contributed by atoms with Gasteiger partial charge in [-0.05, 0) is 42.3 Å². The van der Waals surface area contributed by atoms with E-state index in [0.29, 0.717) is 11.1 Å². The molecule has 0 aromatic heterocycles. The number of carbonyl (C=O) groups is 1. The van der Waals surface area contributed by atoms with Gasteiger partial charge in [0, 0.05) is 0 Å². The molecule has 0 aliphatic rings. The smallest absolute Gasteiger partial charge is 0.387 e. The minimum Gasteiger partial charge on any atom is -0.435 e. The van der Waals surface area contributed by atoms with Crippen LogP contribution >= 0.6 is 0 Å².